The second-order valence-corrected chi connectivity index (χ2v) is 12.5. The molecule has 340 valence electrons. The number of carbonyl (C=O) groups is 2. The largest absolute Gasteiger partial charge is 0.481 e. The molecule has 0 radical (unpaired) electrons. The van der Waals surface area contributed by atoms with E-state index in [-0.39, 0.29) is 6.61 Å². The van der Waals surface area contributed by atoms with Gasteiger partial charge in [0.15, 0.2) is 12.6 Å². The van der Waals surface area contributed by atoms with E-state index in [1.54, 1.807) is 6.92 Å². The number of aliphatic hydroxyl groups excluding tert-OH is 17. The van der Waals surface area contributed by atoms with Crippen LogP contribution < -0.4 is 0 Å². The first-order chi connectivity index (χ1) is 26.5. The number of hydrogen-bond acceptors (Lipinski definition) is 25. The zero-order chi connectivity index (χ0) is 44.6. The smallest absolute Gasteiger partial charge is 0.300 e. The van der Waals surface area contributed by atoms with Crippen molar-refractivity contribution < 1.29 is 135 Å². The van der Waals surface area contributed by atoms with Gasteiger partial charge in [0, 0.05) is 20.5 Å². The second kappa shape index (κ2) is 25.6. The Morgan fingerprint density at radius 1 is 0.474 bits per heavy atom. The molecule has 0 spiro atoms. The summed E-state index contributed by atoms with van der Waals surface area (Å²) in [6, 6.07) is 0. The molecule has 4 aliphatic heterocycles. The van der Waals surface area contributed by atoms with Gasteiger partial charge in [-0.15, -0.1) is 0 Å². The van der Waals surface area contributed by atoms with E-state index in [1.165, 1.54) is 0 Å². The number of ether oxygens (including phenoxy) is 6. The number of rotatable bonds is 10. The van der Waals surface area contributed by atoms with E-state index >= 15 is 0 Å². The van der Waals surface area contributed by atoms with Crippen LogP contribution in [-0.4, -0.2) is 265 Å². The average Bonchev–Trinajstić information content (AvgIpc) is 3.55. The van der Waals surface area contributed by atoms with Gasteiger partial charge in [0.2, 0.25) is 11.6 Å². The molecule has 4 rings (SSSR count). The molecule has 27 nitrogen and oxygen atoms in total. The van der Waals surface area contributed by atoms with Crippen LogP contribution >= 0.6 is 0 Å². The third kappa shape index (κ3) is 14.6. The Hall–Kier alpha value is -1.98. The molecule has 4 aliphatic rings. The Morgan fingerprint density at radius 2 is 0.719 bits per heavy atom. The number of carboxylic acids is 2. The van der Waals surface area contributed by atoms with Crippen molar-refractivity contribution in [3.63, 3.8) is 0 Å². The second-order valence-electron chi connectivity index (χ2n) is 12.5. The van der Waals surface area contributed by atoms with Gasteiger partial charge in [-0.05, 0) is 6.92 Å². The SMILES string of the molecule is CC(=O)O.CC(=O)O.CCO.OC[C@H]1O[C@@](CO)(O[C@H]2O[C@H](CO)[C@@H](O)[C@H](O)[C@H]2O)[C@@H](O)[C@@H]1O.OC[C@H]1O[C@@](CO)(O[C@H]2O[C@H](CO)[C@@H](O)[C@H](O)[C@H]2O)[C@@H](O)[C@@H]1O. The van der Waals surface area contributed by atoms with Gasteiger partial charge in [0.05, 0.1) is 26.4 Å². The molecule has 27 heteroatoms. The summed E-state index contributed by atoms with van der Waals surface area (Å²) in [7, 11) is 0. The molecule has 4 heterocycles. The lowest BCUT2D eigenvalue weighted by molar-refractivity contribution is -0.383. The van der Waals surface area contributed by atoms with Gasteiger partial charge in [0.1, 0.15) is 98.7 Å². The fourth-order valence-electron chi connectivity index (χ4n) is 5.26. The maximum atomic E-state index is 10.00. The third-order valence-corrected chi connectivity index (χ3v) is 8.14. The molecule has 0 amide bonds. The minimum Gasteiger partial charge on any atom is -0.481 e. The van der Waals surface area contributed by atoms with E-state index in [1.807, 2.05) is 0 Å². The summed E-state index contributed by atoms with van der Waals surface area (Å²) in [6.45, 7) is -0.548. The predicted molar refractivity (Wildman–Crippen MR) is 177 cm³/mol. The summed E-state index contributed by atoms with van der Waals surface area (Å²) < 4.78 is 30.9. The minimum absolute atomic E-state index is 0.250. The van der Waals surface area contributed by atoms with Gasteiger partial charge in [-0.1, -0.05) is 0 Å². The molecule has 0 aromatic heterocycles. The quantitative estimate of drug-likeness (QED) is 0.0970. The zero-order valence-electron chi connectivity index (χ0n) is 31.0. The lowest BCUT2D eigenvalue weighted by Crippen LogP contribution is -2.62. The molecule has 0 aromatic carbocycles. The van der Waals surface area contributed by atoms with E-state index in [2.05, 4.69) is 0 Å². The van der Waals surface area contributed by atoms with Crippen LogP contribution in [0, 0.1) is 0 Å². The molecule has 4 saturated heterocycles. The third-order valence-electron chi connectivity index (χ3n) is 8.14. The van der Waals surface area contributed by atoms with Crippen molar-refractivity contribution in [2.75, 3.05) is 46.2 Å². The van der Waals surface area contributed by atoms with E-state index < -0.39 is 161 Å². The van der Waals surface area contributed by atoms with E-state index in [0.29, 0.717) is 0 Å². The molecule has 57 heavy (non-hydrogen) atoms. The van der Waals surface area contributed by atoms with Gasteiger partial charge in [-0.2, -0.15) is 0 Å². The molecule has 0 unspecified atom stereocenters. The monoisotopic (exact) mass is 850 g/mol. The predicted octanol–water partition coefficient (Wildman–Crippen LogP) is -10.6. The number of hydrogen-bond donors (Lipinski definition) is 19. The lowest BCUT2D eigenvalue weighted by atomic mass is 9.99. The maximum Gasteiger partial charge on any atom is 0.300 e. The van der Waals surface area contributed by atoms with Crippen molar-refractivity contribution in [2.24, 2.45) is 0 Å². The first kappa shape index (κ1) is 55.0. The Kier molecular flexibility index (Phi) is 24.7. The molecule has 4 fully saturated rings. The van der Waals surface area contributed by atoms with Crippen molar-refractivity contribution in [3.8, 4) is 0 Å². The summed E-state index contributed by atoms with van der Waals surface area (Å²) in [6.07, 6.45) is -25.3. The summed E-state index contributed by atoms with van der Waals surface area (Å²) >= 11 is 0. The highest BCUT2D eigenvalue weighted by Gasteiger charge is 2.59. The fourth-order valence-corrected chi connectivity index (χ4v) is 5.26. The van der Waals surface area contributed by atoms with Crippen molar-refractivity contribution >= 4 is 11.9 Å². The molecular formula is C30H58O27. The molecule has 0 aromatic rings. The minimum atomic E-state index is -2.22. The van der Waals surface area contributed by atoms with Crippen molar-refractivity contribution in [2.45, 2.75) is 130 Å². The van der Waals surface area contributed by atoms with Gasteiger partial charge in [-0.3, -0.25) is 9.59 Å². The fraction of sp³-hybridized carbons (Fsp3) is 0.933. The van der Waals surface area contributed by atoms with Crippen LogP contribution in [0.2, 0.25) is 0 Å². The van der Waals surface area contributed by atoms with Crippen LogP contribution in [0.15, 0.2) is 0 Å². The van der Waals surface area contributed by atoms with Crippen LogP contribution in [0.25, 0.3) is 0 Å². The van der Waals surface area contributed by atoms with Crippen molar-refractivity contribution in [3.05, 3.63) is 0 Å². The summed E-state index contributed by atoms with van der Waals surface area (Å²) in [5, 5.41) is 176. The van der Waals surface area contributed by atoms with E-state index in [0.717, 1.165) is 13.8 Å². The Labute approximate surface area is 323 Å². The zero-order valence-corrected chi connectivity index (χ0v) is 31.0. The van der Waals surface area contributed by atoms with Crippen LogP contribution in [0.5, 0.6) is 0 Å². The van der Waals surface area contributed by atoms with Gasteiger partial charge < -0.3 is 125 Å². The Morgan fingerprint density at radius 3 is 0.912 bits per heavy atom. The number of aliphatic carboxylic acids is 2. The highest BCUT2D eigenvalue weighted by Crippen LogP contribution is 2.37. The van der Waals surface area contributed by atoms with Gasteiger partial charge in [0.25, 0.3) is 11.9 Å². The molecule has 18 atom stereocenters. The van der Waals surface area contributed by atoms with Gasteiger partial charge in [-0.25, -0.2) is 0 Å². The highest BCUT2D eigenvalue weighted by molar-refractivity contribution is 5.63. The van der Waals surface area contributed by atoms with Crippen LogP contribution in [0.3, 0.4) is 0 Å². The van der Waals surface area contributed by atoms with Crippen LogP contribution in [0.4, 0.5) is 0 Å². The molecule has 19 N–H and O–H groups in total. The van der Waals surface area contributed by atoms with E-state index in [4.69, 9.17) is 73.8 Å². The van der Waals surface area contributed by atoms with Crippen molar-refractivity contribution in [1.82, 2.24) is 0 Å². The van der Waals surface area contributed by atoms with Crippen molar-refractivity contribution in [1.29, 1.82) is 0 Å². The number of aliphatic hydroxyl groups is 17. The average molecular weight is 851 g/mol. The first-order valence-corrected chi connectivity index (χ1v) is 17.0. The van der Waals surface area contributed by atoms with Crippen LogP contribution in [0.1, 0.15) is 20.8 Å². The standard InChI is InChI=1S/2C12H22O11.2C2H4O2.C2H6O/c2*13-1-4-6(16)8(18)9(19)11(21-4)23-12(3-15)10(20)7(17)5(2-14)22-12;2*1-2(3)4;1-2-3/h2*4-11,13-20H,1-3H2;2*1H3,(H,3,4);3H,2H2,1H3/t2*4-,5-,6-,7-,8+,9-,10+,11-,12+;;;/m11.../s1. The first-order valence-electron chi connectivity index (χ1n) is 17.0. The van der Waals surface area contributed by atoms with E-state index in [9.17, 15) is 61.3 Å². The van der Waals surface area contributed by atoms with Gasteiger partial charge >= 0.3 is 0 Å². The summed E-state index contributed by atoms with van der Waals surface area (Å²) in [4.78, 5) is 18.0. The lowest BCUT2D eigenvalue weighted by Gasteiger charge is -2.43. The molecule has 0 bridgehead atoms. The Bertz CT molecular complexity index is 1040. The Balaban J connectivity index is 0.000000875. The number of carboxylic acid groups (broad SMARTS) is 2. The topological polar surface area (TPSA) is 474 Å². The maximum absolute atomic E-state index is 10.00. The summed E-state index contributed by atoms with van der Waals surface area (Å²) in [5.74, 6) is -6.11. The highest BCUT2D eigenvalue weighted by atomic mass is 16.8. The molecule has 0 aliphatic carbocycles. The summed E-state index contributed by atoms with van der Waals surface area (Å²) in [5.41, 5.74) is 0. The van der Waals surface area contributed by atoms with Crippen LogP contribution in [-0.2, 0) is 38.0 Å². The molecule has 0 saturated carbocycles. The normalized spacial score (nSPS) is 42.5. The molecular weight excluding hydrogens is 792 g/mol.